The summed E-state index contributed by atoms with van der Waals surface area (Å²) in [5.74, 6) is -0.233. The van der Waals surface area contributed by atoms with E-state index in [2.05, 4.69) is 25.9 Å². The minimum Gasteiger partial charge on any atom is -0.382 e. The highest BCUT2D eigenvalue weighted by Gasteiger charge is 2.52. The lowest BCUT2D eigenvalue weighted by molar-refractivity contribution is -0.143. The van der Waals surface area contributed by atoms with E-state index < -0.39 is 6.10 Å². The van der Waals surface area contributed by atoms with Gasteiger partial charge in [0.15, 0.2) is 0 Å². The average Bonchev–Trinajstić information content (AvgIpc) is 3.09. The summed E-state index contributed by atoms with van der Waals surface area (Å²) in [7, 11) is 0. The van der Waals surface area contributed by atoms with E-state index in [1.807, 2.05) is 4.90 Å². The molecule has 1 amide bonds. The van der Waals surface area contributed by atoms with Crippen molar-refractivity contribution in [3.8, 4) is 0 Å². The number of oxime groups is 1. The summed E-state index contributed by atoms with van der Waals surface area (Å²) in [6, 6.07) is 6.46. The number of likely N-dealkylation sites (tertiary alicyclic amines) is 1. The van der Waals surface area contributed by atoms with Crippen LogP contribution in [-0.4, -0.2) is 35.2 Å². The molecule has 0 aromatic heterocycles. The predicted molar refractivity (Wildman–Crippen MR) is 93.7 cm³/mol. The van der Waals surface area contributed by atoms with E-state index in [0.717, 1.165) is 31.4 Å². The highest BCUT2D eigenvalue weighted by atomic mass is 19.1. The second-order valence-corrected chi connectivity index (χ2v) is 9.02. The molecule has 2 heterocycles. The Labute approximate surface area is 148 Å². The van der Waals surface area contributed by atoms with Gasteiger partial charge in [-0.1, -0.05) is 38.1 Å². The maximum atomic E-state index is 13.1. The molecular formula is C20H25FN2O2. The van der Waals surface area contributed by atoms with Crippen LogP contribution in [0.3, 0.4) is 0 Å². The molecule has 134 valence electrons. The highest BCUT2D eigenvalue weighted by molar-refractivity contribution is 6.04. The lowest BCUT2D eigenvalue weighted by atomic mass is 9.65. The van der Waals surface area contributed by atoms with Gasteiger partial charge < -0.3 is 9.74 Å². The van der Waals surface area contributed by atoms with Gasteiger partial charge >= 0.3 is 0 Å². The Morgan fingerprint density at radius 3 is 2.68 bits per heavy atom. The van der Waals surface area contributed by atoms with Crippen LogP contribution in [0.15, 0.2) is 29.4 Å². The van der Waals surface area contributed by atoms with Crippen molar-refractivity contribution < 1.29 is 14.0 Å². The summed E-state index contributed by atoms with van der Waals surface area (Å²) < 4.78 is 13.1. The van der Waals surface area contributed by atoms with Crippen molar-refractivity contribution in [2.45, 2.75) is 58.6 Å². The van der Waals surface area contributed by atoms with E-state index in [-0.39, 0.29) is 22.6 Å². The number of nitrogens with zero attached hydrogens (tertiary/aromatic N) is 2. The van der Waals surface area contributed by atoms with E-state index in [4.69, 9.17) is 4.84 Å². The van der Waals surface area contributed by atoms with Gasteiger partial charge in [0.1, 0.15) is 5.82 Å². The molecule has 0 N–H and O–H groups in total. The maximum Gasteiger partial charge on any atom is 0.267 e. The van der Waals surface area contributed by atoms with Gasteiger partial charge in [-0.15, -0.1) is 0 Å². The number of benzene rings is 1. The minimum absolute atomic E-state index is 0.0484. The third-order valence-electron chi connectivity index (χ3n) is 5.82. The van der Waals surface area contributed by atoms with Gasteiger partial charge in [-0.25, -0.2) is 4.39 Å². The summed E-state index contributed by atoms with van der Waals surface area (Å²) in [5.41, 5.74) is 2.01. The van der Waals surface area contributed by atoms with Gasteiger partial charge in [-0.05, 0) is 47.8 Å². The lowest BCUT2D eigenvalue weighted by Crippen LogP contribution is -2.43. The summed E-state index contributed by atoms with van der Waals surface area (Å²) in [5, 5.41) is 4.09. The molecule has 3 aliphatic rings. The third kappa shape index (κ3) is 3.05. The molecule has 1 saturated heterocycles. The number of carbonyl (C=O) groups excluding carboxylic acids is 1. The Kier molecular flexibility index (Phi) is 3.67. The number of hydrogen-bond donors (Lipinski definition) is 0. The largest absolute Gasteiger partial charge is 0.382 e. The lowest BCUT2D eigenvalue weighted by Gasteiger charge is -2.39. The molecular weight excluding hydrogens is 319 g/mol. The summed E-state index contributed by atoms with van der Waals surface area (Å²) in [4.78, 5) is 20.5. The van der Waals surface area contributed by atoms with Crippen molar-refractivity contribution >= 4 is 11.6 Å². The molecule has 1 aliphatic carbocycles. The van der Waals surface area contributed by atoms with Crippen molar-refractivity contribution in [1.29, 1.82) is 0 Å². The van der Waals surface area contributed by atoms with E-state index >= 15 is 0 Å². The van der Waals surface area contributed by atoms with Gasteiger partial charge in [0.25, 0.3) is 5.91 Å². The third-order valence-corrected chi connectivity index (χ3v) is 5.82. The number of halogens is 1. The molecule has 2 aliphatic heterocycles. The van der Waals surface area contributed by atoms with Crippen LogP contribution in [0.25, 0.3) is 0 Å². The summed E-state index contributed by atoms with van der Waals surface area (Å²) in [6.07, 6.45) is 3.19. The fourth-order valence-corrected chi connectivity index (χ4v) is 5.23. The average molecular weight is 344 g/mol. The second-order valence-electron chi connectivity index (χ2n) is 9.02. The Bertz CT molecular complexity index is 728. The monoisotopic (exact) mass is 344 g/mol. The smallest absolute Gasteiger partial charge is 0.267 e. The van der Waals surface area contributed by atoms with Crippen molar-refractivity contribution in [3.63, 3.8) is 0 Å². The molecule has 1 saturated carbocycles. The standard InChI is InChI=1S/C20H25FN2O2/c1-19(2)9-15-10-20(3,11-19)12-23(15)18(24)17-8-16(22-25-17)13-4-6-14(21)7-5-13/h4-7,15,17H,8-12H2,1-3H3/t15-,17+,20-/m1/s1. The molecule has 0 radical (unpaired) electrons. The Hall–Kier alpha value is -1.91. The number of fused-ring (bicyclic) bond motifs is 2. The van der Waals surface area contributed by atoms with E-state index in [1.165, 1.54) is 12.1 Å². The van der Waals surface area contributed by atoms with Crippen LogP contribution < -0.4 is 0 Å². The highest BCUT2D eigenvalue weighted by Crippen LogP contribution is 2.52. The molecule has 4 rings (SSSR count). The first-order valence-corrected chi connectivity index (χ1v) is 9.04. The molecule has 1 aromatic carbocycles. The molecule has 3 atom stereocenters. The molecule has 0 spiro atoms. The van der Waals surface area contributed by atoms with Crippen molar-refractivity contribution in [2.75, 3.05) is 6.54 Å². The summed E-state index contributed by atoms with van der Waals surface area (Å²) in [6.45, 7) is 7.70. The molecule has 25 heavy (non-hydrogen) atoms. The van der Waals surface area contributed by atoms with Crippen LogP contribution >= 0.6 is 0 Å². The first-order chi connectivity index (χ1) is 11.7. The quantitative estimate of drug-likeness (QED) is 0.820. The molecule has 2 bridgehead atoms. The summed E-state index contributed by atoms with van der Waals surface area (Å²) >= 11 is 0. The molecule has 1 aromatic rings. The minimum atomic E-state index is -0.550. The van der Waals surface area contributed by atoms with Crippen molar-refractivity contribution in [3.05, 3.63) is 35.6 Å². The SMILES string of the molecule is CC1(C)C[C@@H]2C[C@@](C)(CN2C(=O)[C@@H]2CC(c3ccc(F)cc3)=NO2)C1. The van der Waals surface area contributed by atoms with E-state index in [0.29, 0.717) is 18.2 Å². The van der Waals surface area contributed by atoms with Gasteiger partial charge in [0.05, 0.1) is 5.71 Å². The maximum absolute atomic E-state index is 13.1. The zero-order chi connectivity index (χ0) is 17.8. The van der Waals surface area contributed by atoms with Crippen molar-refractivity contribution in [2.24, 2.45) is 16.0 Å². The number of carbonyl (C=O) groups is 1. The fraction of sp³-hybridized carbons (Fsp3) is 0.600. The fourth-order valence-electron chi connectivity index (χ4n) is 5.23. The first-order valence-electron chi connectivity index (χ1n) is 9.04. The van der Waals surface area contributed by atoms with Gasteiger partial charge in [0.2, 0.25) is 6.10 Å². The van der Waals surface area contributed by atoms with Gasteiger partial charge in [-0.3, -0.25) is 4.79 Å². The van der Waals surface area contributed by atoms with Crippen LogP contribution in [0.1, 0.15) is 52.0 Å². The molecule has 2 fully saturated rings. The number of rotatable bonds is 2. The Morgan fingerprint density at radius 1 is 1.24 bits per heavy atom. The zero-order valence-electron chi connectivity index (χ0n) is 15.1. The first kappa shape index (κ1) is 16.6. The predicted octanol–water partition coefficient (Wildman–Crippen LogP) is 3.75. The van der Waals surface area contributed by atoms with Crippen molar-refractivity contribution in [1.82, 2.24) is 4.90 Å². The van der Waals surface area contributed by atoms with Crippen LogP contribution in [0.4, 0.5) is 4.39 Å². The topological polar surface area (TPSA) is 41.9 Å². The van der Waals surface area contributed by atoms with E-state index in [1.54, 1.807) is 12.1 Å². The Balaban J connectivity index is 1.46. The van der Waals surface area contributed by atoms with Gasteiger partial charge in [-0.2, -0.15) is 0 Å². The normalized spacial score (nSPS) is 33.1. The zero-order valence-corrected chi connectivity index (χ0v) is 15.1. The number of amides is 1. The van der Waals surface area contributed by atoms with E-state index in [9.17, 15) is 9.18 Å². The van der Waals surface area contributed by atoms with Gasteiger partial charge in [0, 0.05) is 19.0 Å². The van der Waals surface area contributed by atoms with Crippen LogP contribution in [-0.2, 0) is 9.63 Å². The van der Waals surface area contributed by atoms with Crippen LogP contribution in [0.5, 0.6) is 0 Å². The Morgan fingerprint density at radius 2 is 1.96 bits per heavy atom. The molecule has 0 unspecified atom stereocenters. The van der Waals surface area contributed by atoms with Crippen LogP contribution in [0, 0.1) is 16.6 Å². The molecule has 5 heteroatoms. The second kappa shape index (κ2) is 5.55. The number of hydrogen-bond acceptors (Lipinski definition) is 3. The van der Waals surface area contributed by atoms with Crippen LogP contribution in [0.2, 0.25) is 0 Å². The molecule has 4 nitrogen and oxygen atoms in total.